The minimum absolute atomic E-state index is 0.120. The van der Waals surface area contributed by atoms with Gasteiger partial charge in [-0.2, -0.15) is 18.3 Å². The lowest BCUT2D eigenvalue weighted by atomic mass is 9.90. The Labute approximate surface area is 193 Å². The highest BCUT2D eigenvalue weighted by molar-refractivity contribution is 5.99. The van der Waals surface area contributed by atoms with E-state index in [0.29, 0.717) is 37.1 Å². The number of aryl methyl sites for hydroxylation is 2. The quantitative estimate of drug-likeness (QED) is 0.305. The number of carbonyl (C=O) groups is 2. The molecule has 1 aliphatic carbocycles. The first-order valence-electron chi connectivity index (χ1n) is 10.8. The molecule has 0 fully saturated rings. The first kappa shape index (κ1) is 23.6. The molecule has 34 heavy (non-hydrogen) atoms. The molecule has 8 nitrogen and oxygen atoms in total. The van der Waals surface area contributed by atoms with Crippen LogP contribution in [0.5, 0.6) is 0 Å². The van der Waals surface area contributed by atoms with Gasteiger partial charge in [0.25, 0.3) is 0 Å². The summed E-state index contributed by atoms with van der Waals surface area (Å²) in [7, 11) is 0. The molecule has 3 aromatic rings. The molecular weight excluding hydrogens is 451 g/mol. The van der Waals surface area contributed by atoms with Crippen molar-refractivity contribution in [3.8, 4) is 11.3 Å². The predicted octanol–water partition coefficient (Wildman–Crippen LogP) is 2.91. The Bertz CT molecular complexity index is 1180. The van der Waals surface area contributed by atoms with Crippen molar-refractivity contribution < 1.29 is 27.5 Å². The number of hydrogen-bond donors (Lipinski definition) is 1. The van der Waals surface area contributed by atoms with Gasteiger partial charge in [-0.3, -0.25) is 14.6 Å². The van der Waals surface area contributed by atoms with Crippen LogP contribution in [0, 0.1) is 0 Å². The van der Waals surface area contributed by atoms with E-state index in [1.807, 2.05) is 12.1 Å². The van der Waals surface area contributed by atoms with Crippen molar-refractivity contribution in [1.82, 2.24) is 25.1 Å². The Balaban J connectivity index is 1.48. The van der Waals surface area contributed by atoms with E-state index in [1.54, 1.807) is 30.9 Å². The number of nitrogens with one attached hydrogen (secondary N) is 1. The highest BCUT2D eigenvalue weighted by atomic mass is 19.4. The van der Waals surface area contributed by atoms with E-state index in [0.717, 1.165) is 29.7 Å². The first-order chi connectivity index (χ1) is 16.3. The van der Waals surface area contributed by atoms with Gasteiger partial charge in [0.1, 0.15) is 0 Å². The Kier molecular flexibility index (Phi) is 7.01. The summed E-state index contributed by atoms with van der Waals surface area (Å²) in [5.74, 6) is -3.89. The number of aromatic nitrogens is 4. The monoisotopic (exact) mass is 473 g/mol. The van der Waals surface area contributed by atoms with Crippen molar-refractivity contribution in [1.29, 1.82) is 0 Å². The fraction of sp³-hybridized carbons (Fsp3) is 0.348. The molecule has 0 radical (unpaired) electrons. The number of rotatable bonds is 8. The van der Waals surface area contributed by atoms with E-state index < -0.39 is 18.1 Å². The Morgan fingerprint density at radius 2 is 1.91 bits per heavy atom. The van der Waals surface area contributed by atoms with Crippen molar-refractivity contribution in [2.75, 3.05) is 13.1 Å². The average Bonchev–Trinajstić information content (AvgIpc) is 3.20. The zero-order valence-electron chi connectivity index (χ0n) is 18.1. The molecule has 4 rings (SSSR count). The van der Waals surface area contributed by atoms with Crippen molar-refractivity contribution >= 4 is 11.9 Å². The third-order valence-electron chi connectivity index (χ3n) is 5.50. The minimum atomic E-state index is -5.27. The van der Waals surface area contributed by atoms with Gasteiger partial charge in [0.15, 0.2) is 5.69 Å². The second-order valence-electron chi connectivity index (χ2n) is 7.82. The SMILES string of the molecule is O=C(OC(=O)C(F)(F)F)c1c2c(nn1CCCNCCc1cccnc1)-c1ccncc1CC2. The van der Waals surface area contributed by atoms with Gasteiger partial charge in [0.2, 0.25) is 0 Å². The zero-order valence-corrected chi connectivity index (χ0v) is 18.1. The summed E-state index contributed by atoms with van der Waals surface area (Å²) in [6, 6.07) is 5.60. The van der Waals surface area contributed by atoms with Crippen molar-refractivity contribution in [2.45, 2.75) is 38.4 Å². The van der Waals surface area contributed by atoms with Crippen LogP contribution in [0.2, 0.25) is 0 Å². The van der Waals surface area contributed by atoms with Gasteiger partial charge in [0, 0.05) is 42.5 Å². The fourth-order valence-electron chi connectivity index (χ4n) is 3.91. The third kappa shape index (κ3) is 5.30. The minimum Gasteiger partial charge on any atom is -0.381 e. The molecule has 0 saturated carbocycles. The normalized spacial score (nSPS) is 12.7. The maximum atomic E-state index is 12.7. The second-order valence-corrected chi connectivity index (χ2v) is 7.82. The number of pyridine rings is 2. The van der Waals surface area contributed by atoms with Gasteiger partial charge in [0.05, 0.1) is 5.69 Å². The maximum absolute atomic E-state index is 12.7. The molecule has 0 bridgehead atoms. The lowest BCUT2D eigenvalue weighted by Crippen LogP contribution is -2.29. The summed E-state index contributed by atoms with van der Waals surface area (Å²) in [6.07, 6.45) is 3.81. The largest absolute Gasteiger partial charge is 0.491 e. The van der Waals surface area contributed by atoms with Crippen LogP contribution in [0.1, 0.15) is 33.6 Å². The van der Waals surface area contributed by atoms with Crippen LogP contribution in [-0.4, -0.2) is 51.0 Å². The van der Waals surface area contributed by atoms with Crippen LogP contribution < -0.4 is 5.32 Å². The molecule has 0 amide bonds. The molecule has 3 aromatic heterocycles. The molecular formula is C23H22F3N5O3. The summed E-state index contributed by atoms with van der Waals surface area (Å²) < 4.78 is 43.5. The topological polar surface area (TPSA) is 99.0 Å². The summed E-state index contributed by atoms with van der Waals surface area (Å²) in [5, 5.41) is 7.79. The highest BCUT2D eigenvalue weighted by Gasteiger charge is 2.43. The van der Waals surface area contributed by atoms with Crippen molar-refractivity contribution in [3.63, 3.8) is 0 Å². The molecule has 11 heteroatoms. The Morgan fingerprint density at radius 1 is 1.09 bits per heavy atom. The number of alkyl halides is 3. The predicted molar refractivity (Wildman–Crippen MR) is 115 cm³/mol. The summed E-state index contributed by atoms with van der Waals surface area (Å²) in [4.78, 5) is 32.1. The molecule has 1 N–H and O–H groups in total. The van der Waals surface area contributed by atoms with Crippen LogP contribution in [-0.2, 0) is 35.3 Å². The highest BCUT2D eigenvalue weighted by Crippen LogP contribution is 2.34. The first-order valence-corrected chi connectivity index (χ1v) is 10.8. The number of hydrogen-bond acceptors (Lipinski definition) is 7. The fourth-order valence-corrected chi connectivity index (χ4v) is 3.91. The third-order valence-corrected chi connectivity index (χ3v) is 5.50. The maximum Gasteiger partial charge on any atom is 0.491 e. The molecule has 0 atom stereocenters. The number of nitrogens with zero attached hydrogens (tertiary/aromatic N) is 4. The molecule has 0 aromatic carbocycles. The van der Waals surface area contributed by atoms with Crippen molar-refractivity contribution in [2.24, 2.45) is 0 Å². The summed E-state index contributed by atoms with van der Waals surface area (Å²) in [5.41, 5.74) is 3.65. The molecule has 178 valence electrons. The van der Waals surface area contributed by atoms with Gasteiger partial charge >= 0.3 is 18.1 Å². The van der Waals surface area contributed by atoms with Gasteiger partial charge < -0.3 is 10.1 Å². The molecule has 0 saturated heterocycles. The van der Waals surface area contributed by atoms with Crippen LogP contribution in [0.3, 0.4) is 0 Å². The van der Waals surface area contributed by atoms with Crippen molar-refractivity contribution in [3.05, 3.63) is 65.4 Å². The lowest BCUT2D eigenvalue weighted by molar-refractivity contribution is -0.193. The van der Waals surface area contributed by atoms with Crippen LogP contribution >= 0.6 is 0 Å². The van der Waals surface area contributed by atoms with Gasteiger partial charge in [-0.15, -0.1) is 0 Å². The average molecular weight is 473 g/mol. The van der Waals surface area contributed by atoms with Crippen LogP contribution in [0.4, 0.5) is 13.2 Å². The number of fused-ring (bicyclic) bond motifs is 3. The number of ether oxygens (including phenoxy) is 1. The smallest absolute Gasteiger partial charge is 0.381 e. The molecule has 0 unspecified atom stereocenters. The molecule has 3 heterocycles. The zero-order chi connectivity index (χ0) is 24.1. The van der Waals surface area contributed by atoms with E-state index in [1.165, 1.54) is 4.68 Å². The number of esters is 2. The molecule has 0 spiro atoms. The van der Waals surface area contributed by atoms with E-state index in [4.69, 9.17) is 0 Å². The van der Waals surface area contributed by atoms with Crippen LogP contribution in [0.15, 0.2) is 43.0 Å². The van der Waals surface area contributed by atoms with E-state index in [2.05, 4.69) is 25.1 Å². The molecule has 1 aliphatic rings. The second kappa shape index (κ2) is 10.1. The number of carbonyl (C=O) groups excluding carboxylic acids is 2. The van der Waals surface area contributed by atoms with Gasteiger partial charge in [-0.05, 0) is 62.0 Å². The molecule has 0 aliphatic heterocycles. The van der Waals surface area contributed by atoms with Gasteiger partial charge in [-0.25, -0.2) is 9.59 Å². The Morgan fingerprint density at radius 3 is 2.68 bits per heavy atom. The summed E-state index contributed by atoms with van der Waals surface area (Å²) >= 11 is 0. The van der Waals surface area contributed by atoms with E-state index in [9.17, 15) is 22.8 Å². The Hall–Kier alpha value is -3.60. The number of halogens is 3. The standard InChI is InChI=1S/C23H22F3N5O3/c24-23(25,26)22(33)34-21(32)20-18-5-4-16-14-29-11-7-17(16)19(18)30-31(20)12-2-9-27-10-6-15-3-1-8-28-13-15/h1,3,7-8,11,13-14,27H,2,4-6,9-10,12H2. The lowest BCUT2D eigenvalue weighted by Gasteiger charge is -2.15. The van der Waals surface area contributed by atoms with E-state index in [-0.39, 0.29) is 12.2 Å². The van der Waals surface area contributed by atoms with Gasteiger partial charge in [-0.1, -0.05) is 6.07 Å². The van der Waals surface area contributed by atoms with E-state index >= 15 is 0 Å². The van der Waals surface area contributed by atoms with Crippen LogP contribution in [0.25, 0.3) is 11.3 Å². The summed E-state index contributed by atoms with van der Waals surface area (Å²) in [6.45, 7) is 1.58.